The number of ether oxygens (including phenoxy) is 2. The Bertz CT molecular complexity index is 1440. The van der Waals surface area contributed by atoms with Crippen LogP contribution in [0.15, 0.2) is 108 Å². The van der Waals surface area contributed by atoms with Crippen molar-refractivity contribution >= 4 is 21.6 Å². The summed E-state index contributed by atoms with van der Waals surface area (Å²) >= 11 is 0. The number of halogens is 1. The molecular weight excluding hydrogens is 507 g/mol. The van der Waals surface area contributed by atoms with E-state index < -0.39 is 22.5 Å². The predicted octanol–water partition coefficient (Wildman–Crippen LogP) is 4.93. The Balaban J connectivity index is 1.40. The van der Waals surface area contributed by atoms with E-state index in [0.29, 0.717) is 23.8 Å². The van der Waals surface area contributed by atoms with Crippen molar-refractivity contribution in [2.45, 2.75) is 18.0 Å². The molecule has 0 saturated heterocycles. The number of benzene rings is 4. The number of carbonyl (C=O) groups is 1. The van der Waals surface area contributed by atoms with Crippen molar-refractivity contribution in [3.63, 3.8) is 0 Å². The molecule has 0 radical (unpaired) electrons. The van der Waals surface area contributed by atoms with Gasteiger partial charge in [-0.05, 0) is 71.8 Å². The largest absolute Gasteiger partial charge is 0.497 e. The van der Waals surface area contributed by atoms with Gasteiger partial charge in [-0.25, -0.2) is 12.8 Å². The lowest BCUT2D eigenvalue weighted by atomic mass is 10.2. The molecule has 0 saturated carbocycles. The summed E-state index contributed by atoms with van der Waals surface area (Å²) < 4.78 is 51.8. The maximum absolute atomic E-state index is 13.4. The normalized spacial score (nSPS) is 11.0. The van der Waals surface area contributed by atoms with E-state index in [2.05, 4.69) is 5.32 Å². The van der Waals surface area contributed by atoms with Crippen molar-refractivity contribution < 1.29 is 27.1 Å². The highest BCUT2D eigenvalue weighted by molar-refractivity contribution is 7.92. The first-order valence-electron chi connectivity index (χ1n) is 11.8. The van der Waals surface area contributed by atoms with E-state index in [1.54, 1.807) is 66.7 Å². The first kappa shape index (κ1) is 26.7. The van der Waals surface area contributed by atoms with Crippen molar-refractivity contribution in [2.24, 2.45) is 0 Å². The van der Waals surface area contributed by atoms with Crippen LogP contribution >= 0.6 is 0 Å². The Kier molecular flexibility index (Phi) is 8.60. The molecule has 7 nitrogen and oxygen atoms in total. The van der Waals surface area contributed by atoms with Gasteiger partial charge in [0.05, 0.1) is 17.7 Å². The second-order valence-electron chi connectivity index (χ2n) is 8.36. The number of nitrogens with one attached hydrogen (secondary N) is 1. The molecule has 0 atom stereocenters. The van der Waals surface area contributed by atoms with Crippen molar-refractivity contribution in [2.75, 3.05) is 18.0 Å². The van der Waals surface area contributed by atoms with Crippen LogP contribution in [0.2, 0.25) is 0 Å². The highest BCUT2D eigenvalue weighted by Gasteiger charge is 2.27. The minimum absolute atomic E-state index is 0.0832. The molecular formula is C29H27FN2O5S. The standard InChI is InChI=1S/C29H27FN2O5S/c1-36-26-17-13-25(14-18-26)32(38(34,35)28-5-3-2-4-6-28)20-29(33)31-19-22-9-15-27(16-10-22)37-21-23-7-11-24(30)12-8-23/h2-18H,19-21H2,1H3,(H,31,33). The average molecular weight is 535 g/mol. The number of anilines is 1. The zero-order valence-corrected chi connectivity index (χ0v) is 21.5. The fourth-order valence-corrected chi connectivity index (χ4v) is 5.06. The Morgan fingerprint density at radius 3 is 2.05 bits per heavy atom. The Morgan fingerprint density at radius 1 is 0.816 bits per heavy atom. The molecule has 4 aromatic carbocycles. The van der Waals surface area contributed by atoms with Gasteiger partial charge < -0.3 is 14.8 Å². The van der Waals surface area contributed by atoms with Gasteiger partial charge in [0.15, 0.2) is 0 Å². The minimum atomic E-state index is -3.99. The summed E-state index contributed by atoms with van der Waals surface area (Å²) in [6.07, 6.45) is 0. The highest BCUT2D eigenvalue weighted by atomic mass is 32.2. The molecule has 9 heteroatoms. The molecule has 196 valence electrons. The fourth-order valence-electron chi connectivity index (χ4n) is 3.62. The van der Waals surface area contributed by atoms with Gasteiger partial charge in [0.2, 0.25) is 5.91 Å². The van der Waals surface area contributed by atoms with Crippen molar-refractivity contribution in [1.82, 2.24) is 5.32 Å². The summed E-state index contributed by atoms with van der Waals surface area (Å²) in [5, 5.41) is 2.78. The Labute approximate surface area is 221 Å². The van der Waals surface area contributed by atoms with E-state index in [4.69, 9.17) is 9.47 Å². The molecule has 4 aromatic rings. The molecule has 0 fully saturated rings. The molecule has 38 heavy (non-hydrogen) atoms. The lowest BCUT2D eigenvalue weighted by molar-refractivity contribution is -0.119. The highest BCUT2D eigenvalue weighted by Crippen LogP contribution is 2.25. The molecule has 4 rings (SSSR count). The van der Waals surface area contributed by atoms with Gasteiger partial charge >= 0.3 is 0 Å². The fraction of sp³-hybridized carbons (Fsp3) is 0.138. The SMILES string of the molecule is COc1ccc(N(CC(=O)NCc2ccc(OCc3ccc(F)cc3)cc2)S(=O)(=O)c2ccccc2)cc1. The zero-order chi connectivity index (χ0) is 27.0. The lowest BCUT2D eigenvalue weighted by Gasteiger charge is -2.24. The number of rotatable bonds is 11. The summed E-state index contributed by atoms with van der Waals surface area (Å²) in [6.45, 7) is 0.106. The first-order valence-corrected chi connectivity index (χ1v) is 13.2. The van der Waals surface area contributed by atoms with Crippen molar-refractivity contribution in [3.8, 4) is 11.5 Å². The smallest absolute Gasteiger partial charge is 0.264 e. The molecule has 0 spiro atoms. The second-order valence-corrected chi connectivity index (χ2v) is 10.2. The number of hydrogen-bond acceptors (Lipinski definition) is 5. The average Bonchev–Trinajstić information content (AvgIpc) is 2.95. The van der Waals surface area contributed by atoms with E-state index in [1.165, 1.54) is 31.4 Å². The van der Waals surface area contributed by atoms with Gasteiger partial charge in [-0.1, -0.05) is 42.5 Å². The molecule has 0 unspecified atom stereocenters. The van der Waals surface area contributed by atoms with Crippen LogP contribution in [-0.2, 0) is 28.0 Å². The van der Waals surface area contributed by atoms with Crippen LogP contribution in [0.4, 0.5) is 10.1 Å². The third-order valence-corrected chi connectivity index (χ3v) is 7.50. The quantitative estimate of drug-likeness (QED) is 0.295. The van der Waals surface area contributed by atoms with Gasteiger partial charge in [-0.15, -0.1) is 0 Å². The molecule has 0 aromatic heterocycles. The lowest BCUT2D eigenvalue weighted by Crippen LogP contribution is -2.40. The minimum Gasteiger partial charge on any atom is -0.497 e. The first-order chi connectivity index (χ1) is 18.3. The van der Waals surface area contributed by atoms with Crippen LogP contribution in [0, 0.1) is 5.82 Å². The molecule has 0 aliphatic carbocycles. The molecule has 0 bridgehead atoms. The van der Waals surface area contributed by atoms with E-state index in [0.717, 1.165) is 15.4 Å². The second kappa shape index (κ2) is 12.2. The summed E-state index contributed by atoms with van der Waals surface area (Å²) in [6, 6.07) is 27.7. The summed E-state index contributed by atoms with van der Waals surface area (Å²) in [5.41, 5.74) is 2.00. The molecule has 0 heterocycles. The number of nitrogens with zero attached hydrogens (tertiary/aromatic N) is 1. The van der Waals surface area contributed by atoms with Crippen molar-refractivity contribution in [3.05, 3.63) is 120 Å². The topological polar surface area (TPSA) is 84.9 Å². The number of carbonyl (C=O) groups excluding carboxylic acids is 1. The number of sulfonamides is 1. The van der Waals surface area contributed by atoms with Crippen LogP contribution in [0.3, 0.4) is 0 Å². The van der Waals surface area contributed by atoms with Gasteiger partial charge in [0.25, 0.3) is 10.0 Å². The summed E-state index contributed by atoms with van der Waals surface area (Å²) in [7, 11) is -2.48. The van der Waals surface area contributed by atoms with Crippen molar-refractivity contribution in [1.29, 1.82) is 0 Å². The van der Waals surface area contributed by atoms with Gasteiger partial charge in [-0.2, -0.15) is 0 Å². The van der Waals surface area contributed by atoms with E-state index in [-0.39, 0.29) is 17.3 Å². The summed E-state index contributed by atoms with van der Waals surface area (Å²) in [5.74, 6) is 0.436. The number of hydrogen-bond donors (Lipinski definition) is 1. The van der Waals surface area contributed by atoms with Gasteiger partial charge in [-0.3, -0.25) is 9.10 Å². The van der Waals surface area contributed by atoms with E-state index in [9.17, 15) is 17.6 Å². The predicted molar refractivity (Wildman–Crippen MR) is 143 cm³/mol. The van der Waals surface area contributed by atoms with E-state index >= 15 is 0 Å². The van der Waals surface area contributed by atoms with Crippen LogP contribution in [0.5, 0.6) is 11.5 Å². The number of amides is 1. The monoisotopic (exact) mass is 534 g/mol. The zero-order valence-electron chi connectivity index (χ0n) is 20.7. The Hall–Kier alpha value is -4.37. The van der Waals surface area contributed by atoms with E-state index in [1.807, 2.05) is 12.1 Å². The third kappa shape index (κ3) is 6.89. The molecule has 1 amide bonds. The maximum atomic E-state index is 13.4. The molecule has 0 aliphatic rings. The molecule has 1 N–H and O–H groups in total. The van der Waals surface area contributed by atoms with Gasteiger partial charge in [0, 0.05) is 6.54 Å². The maximum Gasteiger partial charge on any atom is 0.264 e. The number of methoxy groups -OCH3 is 1. The van der Waals surface area contributed by atoms with Gasteiger partial charge in [0.1, 0.15) is 30.5 Å². The van der Waals surface area contributed by atoms with Crippen LogP contribution < -0.4 is 19.1 Å². The Morgan fingerprint density at radius 2 is 1.42 bits per heavy atom. The summed E-state index contributed by atoms with van der Waals surface area (Å²) in [4.78, 5) is 12.9. The third-order valence-electron chi connectivity index (χ3n) is 5.71. The van der Waals surface area contributed by atoms with Crippen LogP contribution in [0.1, 0.15) is 11.1 Å². The van der Waals surface area contributed by atoms with Crippen LogP contribution in [0.25, 0.3) is 0 Å². The molecule has 0 aliphatic heterocycles. The van der Waals surface area contributed by atoms with Crippen LogP contribution in [-0.4, -0.2) is 28.0 Å².